The maximum Gasteiger partial charge on any atom is 0.433 e. The zero-order chi connectivity index (χ0) is 12.5. The smallest absolute Gasteiger partial charge is 0.397 e. The highest BCUT2D eigenvalue weighted by molar-refractivity contribution is 6.17. The third-order valence-corrected chi connectivity index (χ3v) is 2.10. The molecule has 90 valence electrons. The highest BCUT2D eigenvalue weighted by Gasteiger charge is 2.34. The van der Waals surface area contributed by atoms with Gasteiger partial charge in [0.1, 0.15) is 11.4 Å². The summed E-state index contributed by atoms with van der Waals surface area (Å²) in [6, 6.07) is 0.564. The van der Waals surface area contributed by atoms with Gasteiger partial charge in [0.25, 0.3) is 6.43 Å². The van der Waals surface area contributed by atoms with Gasteiger partial charge in [-0.25, -0.2) is 13.8 Å². The van der Waals surface area contributed by atoms with Crippen molar-refractivity contribution in [1.29, 1.82) is 0 Å². The molecule has 0 bridgehead atoms. The van der Waals surface area contributed by atoms with Crippen molar-refractivity contribution in [3.63, 3.8) is 0 Å². The summed E-state index contributed by atoms with van der Waals surface area (Å²) in [5.74, 6) is -0.392. The van der Waals surface area contributed by atoms with E-state index in [0.29, 0.717) is 6.07 Å². The first-order valence-electron chi connectivity index (χ1n) is 3.98. The maximum absolute atomic E-state index is 12.4. The van der Waals surface area contributed by atoms with E-state index in [0.717, 1.165) is 0 Å². The zero-order valence-electron chi connectivity index (χ0n) is 7.65. The summed E-state index contributed by atoms with van der Waals surface area (Å²) < 4.78 is 61.6. The van der Waals surface area contributed by atoms with Crippen LogP contribution in [0.5, 0.6) is 0 Å². The predicted molar refractivity (Wildman–Crippen MR) is 48.2 cm³/mol. The van der Waals surface area contributed by atoms with Crippen molar-refractivity contribution in [3.05, 3.63) is 23.0 Å². The van der Waals surface area contributed by atoms with Crippen LogP contribution in [0.2, 0.25) is 0 Å². The van der Waals surface area contributed by atoms with Gasteiger partial charge in [-0.1, -0.05) is 0 Å². The minimum Gasteiger partial charge on any atom is -0.397 e. The molecule has 1 aromatic rings. The topological polar surface area (TPSA) is 38.9 Å². The van der Waals surface area contributed by atoms with E-state index >= 15 is 0 Å². The Bertz CT molecular complexity index is 391. The van der Waals surface area contributed by atoms with Gasteiger partial charge >= 0.3 is 6.18 Å². The summed E-state index contributed by atoms with van der Waals surface area (Å²) in [7, 11) is 0. The summed E-state index contributed by atoms with van der Waals surface area (Å²) in [6.07, 6.45) is -7.98. The lowest BCUT2D eigenvalue weighted by atomic mass is 10.1. The molecule has 0 amide bonds. The number of nitrogen functional groups attached to an aromatic ring is 1. The number of halogens is 6. The van der Waals surface area contributed by atoms with Crippen LogP contribution in [0.1, 0.15) is 23.4 Å². The van der Waals surface area contributed by atoms with Crippen LogP contribution in [0.25, 0.3) is 0 Å². The minimum absolute atomic E-state index is 0.209. The van der Waals surface area contributed by atoms with Crippen molar-refractivity contribution in [3.8, 4) is 0 Å². The van der Waals surface area contributed by atoms with Crippen molar-refractivity contribution in [2.24, 2.45) is 0 Å². The van der Waals surface area contributed by atoms with Crippen molar-refractivity contribution >= 4 is 17.3 Å². The fourth-order valence-electron chi connectivity index (χ4n) is 1.05. The van der Waals surface area contributed by atoms with E-state index in [2.05, 4.69) is 4.98 Å². The van der Waals surface area contributed by atoms with Gasteiger partial charge in [0, 0.05) is 5.88 Å². The summed E-state index contributed by atoms with van der Waals surface area (Å²) in [5.41, 5.74) is 1.99. The van der Waals surface area contributed by atoms with Gasteiger partial charge in [-0.3, -0.25) is 0 Å². The highest BCUT2D eigenvalue weighted by atomic mass is 35.5. The van der Waals surface area contributed by atoms with Gasteiger partial charge in [0.15, 0.2) is 0 Å². The second-order valence-corrected chi connectivity index (χ2v) is 3.16. The number of alkyl halides is 6. The molecule has 0 radical (unpaired) electrons. The Kier molecular flexibility index (Phi) is 3.57. The van der Waals surface area contributed by atoms with Crippen molar-refractivity contribution in [2.45, 2.75) is 18.5 Å². The molecule has 8 heteroatoms. The second-order valence-electron chi connectivity index (χ2n) is 2.90. The molecule has 16 heavy (non-hydrogen) atoms. The maximum atomic E-state index is 12.4. The van der Waals surface area contributed by atoms with E-state index in [9.17, 15) is 22.0 Å². The van der Waals surface area contributed by atoms with Crippen molar-refractivity contribution in [1.82, 2.24) is 4.98 Å². The summed E-state index contributed by atoms with van der Waals surface area (Å²) in [5, 5.41) is 0. The lowest BCUT2D eigenvalue weighted by molar-refractivity contribution is -0.141. The van der Waals surface area contributed by atoms with Gasteiger partial charge in [-0.15, -0.1) is 11.6 Å². The Morgan fingerprint density at radius 1 is 1.38 bits per heavy atom. The third kappa shape index (κ3) is 2.52. The number of rotatable bonds is 2. The fourth-order valence-corrected chi connectivity index (χ4v) is 1.27. The SMILES string of the molecule is Nc1c(CCl)cc(C(F)(F)F)nc1C(F)F. The molecule has 0 aliphatic heterocycles. The first-order valence-corrected chi connectivity index (χ1v) is 4.51. The second kappa shape index (κ2) is 4.40. The Hall–Kier alpha value is -1.11. The van der Waals surface area contributed by atoms with Crippen LogP contribution in [-0.4, -0.2) is 4.98 Å². The molecule has 0 atom stereocenters. The number of pyridine rings is 1. The number of anilines is 1. The van der Waals surface area contributed by atoms with E-state index < -0.39 is 35.6 Å². The summed E-state index contributed by atoms with van der Waals surface area (Å²) in [6.45, 7) is 0. The lowest BCUT2D eigenvalue weighted by Crippen LogP contribution is -2.13. The van der Waals surface area contributed by atoms with Crippen molar-refractivity contribution < 1.29 is 22.0 Å². The Labute approximate surface area is 92.2 Å². The van der Waals surface area contributed by atoms with Crippen LogP contribution >= 0.6 is 11.6 Å². The van der Waals surface area contributed by atoms with Crippen molar-refractivity contribution in [2.75, 3.05) is 5.73 Å². The van der Waals surface area contributed by atoms with Crippen LogP contribution in [-0.2, 0) is 12.1 Å². The number of hydrogen-bond acceptors (Lipinski definition) is 2. The molecular formula is C8H6ClF5N2. The van der Waals surface area contributed by atoms with Gasteiger partial charge in [-0.2, -0.15) is 13.2 Å². The number of nitrogens with two attached hydrogens (primary N) is 1. The quantitative estimate of drug-likeness (QED) is 0.654. The van der Waals surface area contributed by atoms with Gasteiger partial charge < -0.3 is 5.73 Å². The number of hydrogen-bond donors (Lipinski definition) is 1. The average molecular weight is 261 g/mol. The molecule has 1 rings (SSSR count). The number of aromatic nitrogens is 1. The molecular weight excluding hydrogens is 255 g/mol. The highest BCUT2D eigenvalue weighted by Crippen LogP contribution is 2.34. The normalized spacial score (nSPS) is 12.2. The molecule has 0 aliphatic carbocycles. The minimum atomic E-state index is -4.81. The average Bonchev–Trinajstić information content (AvgIpc) is 2.15. The molecule has 0 fully saturated rings. The molecule has 2 nitrogen and oxygen atoms in total. The van der Waals surface area contributed by atoms with Crippen LogP contribution in [0.15, 0.2) is 6.07 Å². The molecule has 1 heterocycles. The van der Waals surface area contributed by atoms with E-state index in [-0.39, 0.29) is 5.56 Å². The standard InChI is InChI=1S/C8H6ClF5N2/c9-2-3-1-4(8(12,13)14)16-6(5(3)15)7(10)11/h1,7H,2,15H2. The fraction of sp³-hybridized carbons (Fsp3) is 0.375. The first-order chi connectivity index (χ1) is 7.27. The van der Waals surface area contributed by atoms with Gasteiger partial charge in [0.05, 0.1) is 5.69 Å². The van der Waals surface area contributed by atoms with Gasteiger partial charge in [-0.05, 0) is 11.6 Å². The van der Waals surface area contributed by atoms with Crippen LogP contribution < -0.4 is 5.73 Å². The van der Waals surface area contributed by atoms with Crippen LogP contribution in [0.4, 0.5) is 27.6 Å². The van der Waals surface area contributed by atoms with E-state index in [1.165, 1.54) is 0 Å². The summed E-state index contributed by atoms with van der Waals surface area (Å²) >= 11 is 5.31. The molecule has 2 N–H and O–H groups in total. The van der Waals surface area contributed by atoms with Gasteiger partial charge in [0.2, 0.25) is 0 Å². The Morgan fingerprint density at radius 2 is 1.94 bits per heavy atom. The molecule has 0 saturated carbocycles. The first kappa shape index (κ1) is 13.0. The molecule has 0 aromatic carbocycles. The Morgan fingerprint density at radius 3 is 2.31 bits per heavy atom. The molecule has 0 unspecified atom stereocenters. The largest absolute Gasteiger partial charge is 0.433 e. The predicted octanol–water partition coefficient (Wildman–Crippen LogP) is 3.36. The molecule has 0 aliphatic rings. The van der Waals surface area contributed by atoms with E-state index in [4.69, 9.17) is 17.3 Å². The zero-order valence-corrected chi connectivity index (χ0v) is 8.41. The number of nitrogens with zero attached hydrogens (tertiary/aromatic N) is 1. The van der Waals surface area contributed by atoms with E-state index in [1.54, 1.807) is 0 Å². The lowest BCUT2D eigenvalue weighted by Gasteiger charge is -2.12. The Balaban J connectivity index is 3.40. The molecule has 0 spiro atoms. The summed E-state index contributed by atoms with van der Waals surface area (Å²) in [4.78, 5) is 2.79. The third-order valence-electron chi connectivity index (χ3n) is 1.81. The van der Waals surface area contributed by atoms with Crippen LogP contribution in [0, 0.1) is 0 Å². The monoisotopic (exact) mass is 260 g/mol. The molecule has 0 saturated heterocycles. The molecule has 1 aromatic heterocycles. The van der Waals surface area contributed by atoms with E-state index in [1.807, 2.05) is 0 Å². The van der Waals surface area contributed by atoms with Crippen LogP contribution in [0.3, 0.4) is 0 Å².